The highest BCUT2D eigenvalue weighted by Gasteiger charge is 2.52. The molecular weight excluding hydrogens is 618 g/mol. The first-order valence-corrected chi connectivity index (χ1v) is 15.2. The third kappa shape index (κ3) is 8.64. The Kier molecular flexibility index (Phi) is 10.9. The molecule has 0 aliphatic carbocycles. The average Bonchev–Trinajstić information content (AvgIpc) is 2.62. The number of ether oxygens (including phenoxy) is 4. The molecule has 11 heteroatoms. The molecule has 1 rings (SSSR count). The molecule has 0 aromatic rings. The van der Waals surface area contributed by atoms with Crippen LogP contribution in [0.25, 0.3) is 0 Å². The molecule has 0 spiro atoms. The van der Waals surface area contributed by atoms with Crippen LogP contribution in [0.1, 0.15) is 62.3 Å². The number of alkyl halides is 1. The normalized spacial score (nSPS) is 27.3. The Morgan fingerprint density at radius 2 is 1.25 bits per heavy atom. The van der Waals surface area contributed by atoms with Gasteiger partial charge in [-0.3, -0.25) is 14.4 Å². The van der Waals surface area contributed by atoms with Gasteiger partial charge in [0.2, 0.25) is 0 Å². The molecule has 0 aromatic heterocycles. The quantitative estimate of drug-likeness (QED) is 0.131. The second kappa shape index (κ2) is 11.6. The molecule has 1 unspecified atom stereocenters. The second-order valence-electron chi connectivity index (χ2n) is 10.8. The van der Waals surface area contributed by atoms with Gasteiger partial charge in [0.25, 0.3) is 0 Å². The molecule has 0 N–H and O–H groups in total. The summed E-state index contributed by atoms with van der Waals surface area (Å²) in [6.07, 6.45) is -3.60. The van der Waals surface area contributed by atoms with Crippen LogP contribution in [-0.4, -0.2) is 53.9 Å². The molecule has 1 fully saturated rings. The summed E-state index contributed by atoms with van der Waals surface area (Å²) in [7, 11) is 0. The van der Waals surface area contributed by atoms with Crippen molar-refractivity contribution in [3.63, 3.8) is 0 Å². The lowest BCUT2D eigenvalue weighted by Crippen LogP contribution is -2.61. The van der Waals surface area contributed by atoms with Gasteiger partial charge in [0.15, 0.2) is 12.2 Å². The predicted octanol–water partition coefficient (Wildman–Crippen LogP) is 4.94. The van der Waals surface area contributed by atoms with E-state index in [2.05, 4.69) is 38.0 Å². The van der Waals surface area contributed by atoms with Crippen molar-refractivity contribution in [2.24, 2.45) is 16.2 Å². The first kappa shape index (κ1) is 30.0. The van der Waals surface area contributed by atoms with Crippen molar-refractivity contribution in [1.29, 1.82) is 0 Å². The molecule has 1 saturated heterocycles. The largest absolute Gasteiger partial charge is 0.462 e. The number of rotatable bonds is 6. The van der Waals surface area contributed by atoms with Crippen LogP contribution in [0.2, 0.25) is 0 Å². The molecule has 0 bridgehead atoms. The van der Waals surface area contributed by atoms with Crippen molar-refractivity contribution in [2.45, 2.75) is 91.7 Å². The van der Waals surface area contributed by atoms with Gasteiger partial charge < -0.3 is 23.5 Å². The molecule has 0 radical (unpaired) electrons. The van der Waals surface area contributed by atoms with Gasteiger partial charge >= 0.3 is 17.9 Å². The van der Waals surface area contributed by atoms with Gasteiger partial charge in [0.05, 0.1) is 22.7 Å². The first-order chi connectivity index (χ1) is 14.4. The van der Waals surface area contributed by atoms with Crippen molar-refractivity contribution in [1.82, 2.24) is 0 Å². The van der Waals surface area contributed by atoms with Crippen LogP contribution in [0.4, 0.5) is 0 Å². The summed E-state index contributed by atoms with van der Waals surface area (Å²) in [5, 5.41) is -0.675. The smallest absolute Gasteiger partial charge is 0.311 e. The summed E-state index contributed by atoms with van der Waals surface area (Å²) in [4.78, 5) is 37.9. The average molecular weight is 653 g/mol. The molecule has 0 saturated carbocycles. The maximum Gasteiger partial charge on any atom is 0.311 e. The molecule has 0 aromatic carbocycles. The van der Waals surface area contributed by atoms with E-state index in [0.29, 0.717) is 0 Å². The van der Waals surface area contributed by atoms with Crippen LogP contribution in [0, 0.1) is 16.2 Å². The fraction of sp³-hybridized carbons (Fsp3) is 0.857. The number of esters is 3. The third-order valence-corrected chi connectivity index (χ3v) is 6.32. The van der Waals surface area contributed by atoms with E-state index in [9.17, 15) is 14.4 Å². The third-order valence-electron chi connectivity index (χ3n) is 4.46. The maximum atomic E-state index is 12.8. The minimum atomic E-state index is -1.03. The molecule has 1 aliphatic heterocycles. The van der Waals surface area contributed by atoms with Gasteiger partial charge in [0.1, 0.15) is 23.8 Å². The van der Waals surface area contributed by atoms with Crippen LogP contribution in [-0.2, 0) is 37.9 Å². The van der Waals surface area contributed by atoms with E-state index in [0.717, 1.165) is 0 Å². The fourth-order valence-corrected chi connectivity index (χ4v) is 4.55. The molecule has 1 aliphatic rings. The van der Waals surface area contributed by atoms with Crippen molar-refractivity contribution in [2.75, 3.05) is 6.61 Å². The molecule has 6 atom stereocenters. The lowest BCUT2D eigenvalue weighted by atomic mass is 9.94. The van der Waals surface area contributed by atoms with Crippen molar-refractivity contribution < 1.29 is 37.9 Å². The zero-order valence-corrected chi connectivity index (χ0v) is 24.9. The zero-order valence-electron chi connectivity index (χ0n) is 20.1. The van der Waals surface area contributed by atoms with Gasteiger partial charge in [0, 0.05) is 0 Å². The predicted molar refractivity (Wildman–Crippen MR) is 134 cm³/mol. The molecule has 0 amide bonds. The topological polar surface area (TPSA) is 97.4 Å². The van der Waals surface area contributed by atoms with E-state index in [4.69, 9.17) is 23.5 Å². The van der Waals surface area contributed by atoms with Gasteiger partial charge in [-0.2, -0.15) is 0 Å². The minimum Gasteiger partial charge on any atom is -0.462 e. The summed E-state index contributed by atoms with van der Waals surface area (Å²) in [5.41, 5.74) is -2.31. The van der Waals surface area contributed by atoms with E-state index < -0.39 is 63.6 Å². The van der Waals surface area contributed by atoms with E-state index in [1.807, 2.05) is 0 Å². The molecule has 32 heavy (non-hydrogen) atoms. The second-order valence-corrected chi connectivity index (χ2v) is 13.4. The Bertz CT molecular complexity index is 683. The zero-order chi connectivity index (χ0) is 25.1. The van der Waals surface area contributed by atoms with Gasteiger partial charge in [-0.25, -0.2) is 0 Å². The maximum absolute atomic E-state index is 12.8. The fourth-order valence-electron chi connectivity index (χ4n) is 2.43. The Morgan fingerprint density at radius 3 is 1.66 bits per heavy atom. The summed E-state index contributed by atoms with van der Waals surface area (Å²) in [6.45, 7) is 15.4. The standard InChI is InChI=1S/C21H35BrIO8P/c1-19(2,3)16(24)27-10-11-12(29-17(25)20(4,5)6)13(30-18(26)21(7,8)9)14(31-32-23)15(22)28-11/h11-15,32H,10H2,1-9H3/t11-,12-,13+,14+,15+/m1/s1. The van der Waals surface area contributed by atoms with Gasteiger partial charge in [-0.15, -0.1) is 0 Å². The van der Waals surface area contributed by atoms with E-state index in [-0.39, 0.29) is 13.1 Å². The lowest BCUT2D eigenvalue weighted by molar-refractivity contribution is -0.233. The SMILES string of the molecule is CC(C)(C)C(=O)OC[C@H]1O[C@H](Br)[C@@H](OPI)[C@@H](OC(=O)C(C)(C)C)[C@@H]1OC(=O)C(C)(C)C. The summed E-state index contributed by atoms with van der Waals surface area (Å²) in [5.74, 6) is -1.40. The Hall–Kier alpha value is -0.0300. The van der Waals surface area contributed by atoms with Crippen molar-refractivity contribution in [3.05, 3.63) is 0 Å². The highest BCUT2D eigenvalue weighted by atomic mass is 127. The summed E-state index contributed by atoms with van der Waals surface area (Å²) in [6, 6.07) is 0. The highest BCUT2D eigenvalue weighted by Crippen LogP contribution is 2.38. The van der Waals surface area contributed by atoms with Crippen LogP contribution < -0.4 is 0 Å². The highest BCUT2D eigenvalue weighted by molar-refractivity contribution is 14.2. The van der Waals surface area contributed by atoms with Crippen LogP contribution in [0.5, 0.6) is 0 Å². The van der Waals surface area contributed by atoms with Crippen LogP contribution in [0.15, 0.2) is 0 Å². The van der Waals surface area contributed by atoms with Crippen LogP contribution in [0.3, 0.4) is 0 Å². The summed E-state index contributed by atoms with van der Waals surface area (Å²) >= 11 is 5.49. The molecule has 186 valence electrons. The first-order valence-electron chi connectivity index (χ1n) is 10.3. The van der Waals surface area contributed by atoms with Crippen molar-refractivity contribution in [3.8, 4) is 0 Å². The molecule has 8 nitrogen and oxygen atoms in total. The lowest BCUT2D eigenvalue weighted by Gasteiger charge is -2.44. The Labute approximate surface area is 214 Å². The number of hydrogen-bond acceptors (Lipinski definition) is 8. The Balaban J connectivity index is 3.32. The monoisotopic (exact) mass is 652 g/mol. The van der Waals surface area contributed by atoms with Gasteiger partial charge in [-0.05, 0) is 84.4 Å². The molecule has 1 heterocycles. The number of halogens is 2. The van der Waals surface area contributed by atoms with E-state index >= 15 is 0 Å². The van der Waals surface area contributed by atoms with E-state index in [1.165, 1.54) is 0 Å². The number of hydrogen-bond donors (Lipinski definition) is 0. The molecular formula is C21H35BrIO8P. The minimum absolute atomic E-state index is 0.0428. The van der Waals surface area contributed by atoms with Crippen LogP contribution >= 0.6 is 44.4 Å². The number of carbonyl (C=O) groups is 3. The number of carbonyl (C=O) groups excluding carboxylic acids is 3. The van der Waals surface area contributed by atoms with Gasteiger partial charge in [-0.1, -0.05) is 15.9 Å². The van der Waals surface area contributed by atoms with Crippen molar-refractivity contribution >= 4 is 62.3 Å². The summed E-state index contributed by atoms with van der Waals surface area (Å²) < 4.78 is 28.9. The van der Waals surface area contributed by atoms with E-state index in [1.54, 1.807) is 62.3 Å². The Morgan fingerprint density at radius 1 is 0.812 bits per heavy atom.